The van der Waals surface area contributed by atoms with Gasteiger partial charge >= 0.3 is 12.1 Å². The molecule has 1 amide bonds. The summed E-state index contributed by atoms with van der Waals surface area (Å²) in [5, 5.41) is 11.2. The number of carboxylic acids is 1. The molecule has 7 heteroatoms. The van der Waals surface area contributed by atoms with Gasteiger partial charge < -0.3 is 9.84 Å². The van der Waals surface area contributed by atoms with Crippen molar-refractivity contribution in [3.8, 4) is 11.1 Å². The molecular weight excluding hydrogens is 428 g/mol. The molecule has 3 aromatic carbocycles. The monoisotopic (exact) mass is 451 g/mol. The number of halogens is 2. The first-order chi connectivity index (χ1) is 15.9. The van der Waals surface area contributed by atoms with Gasteiger partial charge in [-0.25, -0.2) is 18.4 Å². The Kier molecular flexibility index (Phi) is 6.40. The van der Waals surface area contributed by atoms with Crippen molar-refractivity contribution >= 4 is 12.1 Å². The molecule has 1 atom stereocenters. The average Bonchev–Trinajstić information content (AvgIpc) is 3.13. The number of fused-ring (bicyclic) bond motifs is 3. The summed E-state index contributed by atoms with van der Waals surface area (Å²) in [6.07, 6.45) is -1.53. The second-order valence-corrected chi connectivity index (χ2v) is 8.00. The molecule has 0 aromatic heterocycles. The minimum absolute atomic E-state index is 0.0212. The van der Waals surface area contributed by atoms with E-state index in [0.29, 0.717) is 5.56 Å². The van der Waals surface area contributed by atoms with Crippen LogP contribution in [0.4, 0.5) is 13.6 Å². The molecule has 3 aromatic rings. The van der Waals surface area contributed by atoms with E-state index in [2.05, 4.69) is 0 Å². The maximum Gasteiger partial charge on any atom is 0.410 e. The molecule has 1 aliphatic carbocycles. The zero-order chi connectivity index (χ0) is 23.4. The van der Waals surface area contributed by atoms with Gasteiger partial charge in [-0.1, -0.05) is 66.7 Å². The number of aliphatic carboxylic acids is 1. The number of benzene rings is 3. The lowest BCUT2D eigenvalue weighted by Crippen LogP contribution is -2.51. The molecule has 0 saturated carbocycles. The minimum atomic E-state index is -3.02. The van der Waals surface area contributed by atoms with Gasteiger partial charge in [0.05, 0.1) is 0 Å². The maximum atomic E-state index is 15.0. The minimum Gasteiger partial charge on any atom is -0.477 e. The Morgan fingerprint density at radius 3 is 2.12 bits per heavy atom. The normalized spacial score (nSPS) is 14.1. The quantitative estimate of drug-likeness (QED) is 0.448. The van der Waals surface area contributed by atoms with Crippen LogP contribution >= 0.6 is 0 Å². The third-order valence-corrected chi connectivity index (χ3v) is 5.91. The number of aryl methyl sites for hydroxylation is 1. The number of nitrogens with one attached hydrogen (secondary N) is 1. The van der Waals surface area contributed by atoms with Gasteiger partial charge in [-0.15, -0.1) is 0 Å². The van der Waals surface area contributed by atoms with Gasteiger partial charge in [0.15, 0.2) is 0 Å². The Labute approximate surface area is 190 Å². The zero-order valence-corrected chi connectivity index (χ0v) is 17.8. The van der Waals surface area contributed by atoms with Crippen LogP contribution in [0.3, 0.4) is 0 Å². The number of amides is 1. The van der Waals surface area contributed by atoms with Crippen molar-refractivity contribution in [1.82, 2.24) is 5.32 Å². The molecule has 0 heterocycles. The third kappa shape index (κ3) is 4.72. The zero-order valence-electron chi connectivity index (χ0n) is 17.8. The SMILES string of the molecule is O=C(NC(F)(CCCc1ccccc1F)C(=O)O)OCC1c2ccccc2-c2ccccc21. The summed E-state index contributed by atoms with van der Waals surface area (Å²) in [5.74, 6) is -5.53. The van der Waals surface area contributed by atoms with Gasteiger partial charge in [-0.05, 0) is 46.7 Å². The van der Waals surface area contributed by atoms with Crippen LogP contribution < -0.4 is 5.32 Å². The molecule has 33 heavy (non-hydrogen) atoms. The van der Waals surface area contributed by atoms with Crippen molar-refractivity contribution in [3.63, 3.8) is 0 Å². The lowest BCUT2D eigenvalue weighted by Gasteiger charge is -2.22. The van der Waals surface area contributed by atoms with Crippen molar-refractivity contribution in [2.24, 2.45) is 0 Å². The number of hydrogen-bond donors (Lipinski definition) is 2. The highest BCUT2D eigenvalue weighted by Crippen LogP contribution is 2.44. The lowest BCUT2D eigenvalue weighted by molar-refractivity contribution is -0.153. The average molecular weight is 451 g/mol. The highest BCUT2D eigenvalue weighted by atomic mass is 19.1. The second-order valence-electron chi connectivity index (χ2n) is 8.00. The van der Waals surface area contributed by atoms with Crippen LogP contribution in [0.15, 0.2) is 72.8 Å². The highest BCUT2D eigenvalue weighted by Gasteiger charge is 2.41. The van der Waals surface area contributed by atoms with E-state index >= 15 is 4.39 Å². The summed E-state index contributed by atoms with van der Waals surface area (Å²) < 4.78 is 34.0. The van der Waals surface area contributed by atoms with E-state index in [9.17, 15) is 19.1 Å². The van der Waals surface area contributed by atoms with E-state index in [1.165, 1.54) is 12.1 Å². The molecule has 1 unspecified atom stereocenters. The molecule has 0 aliphatic heterocycles. The predicted molar refractivity (Wildman–Crippen MR) is 119 cm³/mol. The second kappa shape index (κ2) is 9.40. The first kappa shape index (κ1) is 22.5. The van der Waals surface area contributed by atoms with E-state index in [1.54, 1.807) is 12.1 Å². The number of carbonyl (C=O) groups is 2. The first-order valence-corrected chi connectivity index (χ1v) is 10.7. The molecule has 0 saturated heterocycles. The number of alkyl halides is 1. The molecule has 4 rings (SSSR count). The van der Waals surface area contributed by atoms with Crippen LogP contribution in [0.25, 0.3) is 11.1 Å². The molecule has 0 fully saturated rings. The molecule has 1 aliphatic rings. The van der Waals surface area contributed by atoms with Gasteiger partial charge in [-0.3, -0.25) is 5.32 Å². The molecule has 170 valence electrons. The van der Waals surface area contributed by atoms with Crippen LogP contribution in [0.1, 0.15) is 35.4 Å². The Balaban J connectivity index is 1.38. The van der Waals surface area contributed by atoms with E-state index < -0.39 is 30.1 Å². The number of hydrogen-bond acceptors (Lipinski definition) is 3. The van der Waals surface area contributed by atoms with Crippen molar-refractivity contribution in [3.05, 3.63) is 95.3 Å². The topological polar surface area (TPSA) is 75.6 Å². The van der Waals surface area contributed by atoms with Crippen LogP contribution in [0.2, 0.25) is 0 Å². The summed E-state index contributed by atoms with van der Waals surface area (Å²) >= 11 is 0. The van der Waals surface area contributed by atoms with E-state index in [0.717, 1.165) is 22.3 Å². The number of carbonyl (C=O) groups excluding carboxylic acids is 1. The van der Waals surface area contributed by atoms with Crippen molar-refractivity contribution in [2.75, 3.05) is 6.61 Å². The Morgan fingerprint density at radius 2 is 1.52 bits per heavy atom. The van der Waals surface area contributed by atoms with Crippen LogP contribution in [-0.2, 0) is 16.0 Å². The number of rotatable bonds is 8. The largest absolute Gasteiger partial charge is 0.477 e. The molecule has 0 radical (unpaired) electrons. The van der Waals surface area contributed by atoms with Gasteiger partial charge in [0, 0.05) is 12.3 Å². The van der Waals surface area contributed by atoms with Crippen LogP contribution in [-0.4, -0.2) is 29.6 Å². The van der Waals surface area contributed by atoms with Crippen molar-refractivity contribution in [2.45, 2.75) is 31.0 Å². The smallest absolute Gasteiger partial charge is 0.410 e. The third-order valence-electron chi connectivity index (χ3n) is 5.91. The van der Waals surface area contributed by atoms with E-state index in [4.69, 9.17) is 4.74 Å². The van der Waals surface area contributed by atoms with Gasteiger partial charge in [0.25, 0.3) is 5.79 Å². The van der Waals surface area contributed by atoms with E-state index in [1.807, 2.05) is 53.8 Å². The number of ether oxygens (including phenoxy) is 1. The standard InChI is InChI=1S/C26H23F2NO4/c27-23-14-6-1-8-17(23)9-7-15-26(28,24(30)31)29-25(32)33-16-22-20-12-4-2-10-18(20)19-11-3-5-13-21(19)22/h1-6,8,10-14,22H,7,9,15-16H2,(H,29,32)(H,30,31). The molecule has 0 spiro atoms. The highest BCUT2D eigenvalue weighted by molar-refractivity contribution is 5.83. The summed E-state index contributed by atoms with van der Waals surface area (Å²) in [7, 11) is 0. The molecule has 0 bridgehead atoms. The molecule has 5 nitrogen and oxygen atoms in total. The van der Waals surface area contributed by atoms with Gasteiger partial charge in [0.2, 0.25) is 0 Å². The van der Waals surface area contributed by atoms with Crippen molar-refractivity contribution < 1.29 is 28.2 Å². The number of alkyl carbamates (subject to hydrolysis) is 1. The summed E-state index contributed by atoms with van der Waals surface area (Å²) in [6.45, 7) is -0.0647. The van der Waals surface area contributed by atoms with Crippen LogP contribution in [0, 0.1) is 5.82 Å². The molecule has 2 N–H and O–H groups in total. The van der Waals surface area contributed by atoms with Crippen LogP contribution in [0.5, 0.6) is 0 Å². The summed E-state index contributed by atoms with van der Waals surface area (Å²) in [4.78, 5) is 23.9. The first-order valence-electron chi connectivity index (χ1n) is 10.7. The fourth-order valence-electron chi connectivity index (χ4n) is 4.24. The lowest BCUT2D eigenvalue weighted by atomic mass is 9.98. The van der Waals surface area contributed by atoms with Gasteiger partial charge in [0.1, 0.15) is 12.4 Å². The fraction of sp³-hybridized carbons (Fsp3) is 0.231. The van der Waals surface area contributed by atoms with Crippen molar-refractivity contribution in [1.29, 1.82) is 0 Å². The summed E-state index contributed by atoms with van der Waals surface area (Å²) in [5.41, 5.74) is 4.41. The Bertz CT molecular complexity index is 1140. The summed E-state index contributed by atoms with van der Waals surface area (Å²) in [6, 6.07) is 21.5. The van der Waals surface area contributed by atoms with Gasteiger partial charge in [-0.2, -0.15) is 0 Å². The Morgan fingerprint density at radius 1 is 0.939 bits per heavy atom. The fourth-order valence-corrected chi connectivity index (χ4v) is 4.24. The van der Waals surface area contributed by atoms with E-state index in [-0.39, 0.29) is 25.4 Å². The Hall–Kier alpha value is -3.74. The molecular formula is C26H23F2NO4. The maximum absolute atomic E-state index is 15.0. The number of carboxylic acid groups (broad SMARTS) is 1. The predicted octanol–water partition coefficient (Wildman–Crippen LogP) is 5.44.